The Labute approximate surface area is 128 Å². The molecule has 1 aromatic carbocycles. The number of piperazine rings is 1. The van der Waals surface area contributed by atoms with Crippen LogP contribution in [-0.2, 0) is 0 Å². The van der Waals surface area contributed by atoms with Gasteiger partial charge in [-0.15, -0.1) is 24.2 Å². The van der Waals surface area contributed by atoms with Gasteiger partial charge >= 0.3 is 0 Å². The summed E-state index contributed by atoms with van der Waals surface area (Å²) in [5, 5.41) is 0. The van der Waals surface area contributed by atoms with Crippen molar-refractivity contribution in [1.82, 2.24) is 9.80 Å². The maximum atomic E-state index is 2.59. The van der Waals surface area contributed by atoms with Crippen LogP contribution in [0, 0.1) is 6.92 Å². The second-order valence-corrected chi connectivity index (χ2v) is 6.33. The lowest BCUT2D eigenvalue weighted by Crippen LogP contribution is -2.44. The molecule has 0 unspecified atom stereocenters. The molecule has 2 rings (SSSR count). The predicted molar refractivity (Wildman–Crippen MR) is 87.7 cm³/mol. The van der Waals surface area contributed by atoms with Crippen LogP contribution < -0.4 is 0 Å². The van der Waals surface area contributed by atoms with Gasteiger partial charge in [0.25, 0.3) is 0 Å². The van der Waals surface area contributed by atoms with E-state index in [1.807, 2.05) is 11.8 Å². The van der Waals surface area contributed by atoms with Crippen LogP contribution in [0.25, 0.3) is 0 Å². The van der Waals surface area contributed by atoms with Crippen molar-refractivity contribution in [2.75, 3.05) is 45.5 Å². The number of aryl methyl sites for hydroxylation is 1. The normalized spacial score (nSPS) is 17.2. The quantitative estimate of drug-likeness (QED) is 0.609. The Bertz CT molecular complexity index is 348. The molecular formula is C15H25ClN2S. The predicted octanol–water partition coefficient (Wildman–Crippen LogP) is 3.15. The third-order valence-corrected chi connectivity index (χ3v) is 4.60. The summed E-state index contributed by atoms with van der Waals surface area (Å²) in [5.74, 6) is 1.23. The summed E-state index contributed by atoms with van der Waals surface area (Å²) in [6, 6.07) is 8.86. The van der Waals surface area contributed by atoms with Crippen molar-refractivity contribution in [2.24, 2.45) is 0 Å². The van der Waals surface area contributed by atoms with E-state index in [0.29, 0.717) is 0 Å². The molecule has 0 aromatic heterocycles. The van der Waals surface area contributed by atoms with Crippen LogP contribution in [-0.4, -0.2) is 55.3 Å². The molecule has 1 aliphatic rings. The topological polar surface area (TPSA) is 6.48 Å². The van der Waals surface area contributed by atoms with Crippen LogP contribution >= 0.6 is 24.2 Å². The second kappa shape index (κ2) is 8.85. The molecular weight excluding hydrogens is 276 g/mol. The fourth-order valence-electron chi connectivity index (χ4n) is 2.18. The summed E-state index contributed by atoms with van der Waals surface area (Å²) >= 11 is 1.98. The Balaban J connectivity index is 0.00000180. The number of hydrogen-bond donors (Lipinski definition) is 0. The Morgan fingerprint density at radius 3 is 2.32 bits per heavy atom. The minimum Gasteiger partial charge on any atom is -0.304 e. The standard InChI is InChI=1S/C15H24N2S.ClH/c1-14-4-6-15(7-5-14)18-13-3-8-17-11-9-16(2)10-12-17;/h4-7H,3,8-13H2,1-2H3;1H. The van der Waals surface area contributed by atoms with Crippen LogP contribution in [0.5, 0.6) is 0 Å². The monoisotopic (exact) mass is 300 g/mol. The van der Waals surface area contributed by atoms with Gasteiger partial charge in [0.2, 0.25) is 0 Å². The Morgan fingerprint density at radius 1 is 1.05 bits per heavy atom. The lowest BCUT2D eigenvalue weighted by Gasteiger charge is -2.32. The van der Waals surface area contributed by atoms with E-state index in [2.05, 4.69) is 48.0 Å². The van der Waals surface area contributed by atoms with Crippen molar-refractivity contribution in [3.8, 4) is 0 Å². The molecule has 1 saturated heterocycles. The van der Waals surface area contributed by atoms with Crippen molar-refractivity contribution in [2.45, 2.75) is 18.2 Å². The molecule has 19 heavy (non-hydrogen) atoms. The van der Waals surface area contributed by atoms with Gasteiger partial charge < -0.3 is 9.80 Å². The first-order chi connectivity index (χ1) is 8.74. The van der Waals surface area contributed by atoms with E-state index in [1.54, 1.807) is 0 Å². The number of hydrogen-bond acceptors (Lipinski definition) is 3. The van der Waals surface area contributed by atoms with Gasteiger partial charge in [-0.2, -0.15) is 0 Å². The average molecular weight is 301 g/mol. The smallest absolute Gasteiger partial charge is 0.0110 e. The fourth-order valence-corrected chi connectivity index (χ4v) is 3.02. The molecule has 0 atom stereocenters. The van der Waals surface area contributed by atoms with E-state index in [0.717, 1.165) is 0 Å². The fraction of sp³-hybridized carbons (Fsp3) is 0.600. The molecule has 1 heterocycles. The van der Waals surface area contributed by atoms with Gasteiger partial charge in [-0.3, -0.25) is 0 Å². The zero-order chi connectivity index (χ0) is 12.8. The average Bonchev–Trinajstić information content (AvgIpc) is 2.39. The summed E-state index contributed by atoms with van der Waals surface area (Å²) in [4.78, 5) is 6.41. The molecule has 0 amide bonds. The lowest BCUT2D eigenvalue weighted by atomic mass is 10.2. The van der Waals surface area contributed by atoms with E-state index < -0.39 is 0 Å². The minimum atomic E-state index is 0. The van der Waals surface area contributed by atoms with Gasteiger partial charge in [-0.1, -0.05) is 17.7 Å². The van der Waals surface area contributed by atoms with Crippen LogP contribution in [0.4, 0.5) is 0 Å². The highest BCUT2D eigenvalue weighted by molar-refractivity contribution is 7.99. The van der Waals surface area contributed by atoms with Gasteiger partial charge in [0, 0.05) is 31.1 Å². The van der Waals surface area contributed by atoms with E-state index >= 15 is 0 Å². The highest BCUT2D eigenvalue weighted by atomic mass is 35.5. The Hall–Kier alpha value is -0.220. The summed E-state index contributed by atoms with van der Waals surface area (Å²) in [5.41, 5.74) is 1.34. The van der Waals surface area contributed by atoms with Gasteiger partial charge in [-0.25, -0.2) is 0 Å². The SMILES string of the molecule is Cc1ccc(SCCCN2CCN(C)CC2)cc1.Cl. The summed E-state index contributed by atoms with van der Waals surface area (Å²) in [6.07, 6.45) is 1.29. The molecule has 0 radical (unpaired) electrons. The molecule has 0 spiro atoms. The molecule has 1 aromatic rings. The molecule has 0 aliphatic carbocycles. The third-order valence-electron chi connectivity index (χ3n) is 3.50. The van der Waals surface area contributed by atoms with Crippen LogP contribution in [0.2, 0.25) is 0 Å². The maximum Gasteiger partial charge on any atom is 0.0110 e. The molecule has 108 valence electrons. The highest BCUT2D eigenvalue weighted by Gasteiger charge is 2.12. The molecule has 0 N–H and O–H groups in total. The van der Waals surface area contributed by atoms with Crippen LogP contribution in [0.1, 0.15) is 12.0 Å². The van der Waals surface area contributed by atoms with Crippen molar-refractivity contribution >= 4 is 24.2 Å². The molecule has 1 fully saturated rings. The van der Waals surface area contributed by atoms with Gasteiger partial charge in [0.1, 0.15) is 0 Å². The van der Waals surface area contributed by atoms with E-state index in [-0.39, 0.29) is 12.4 Å². The first-order valence-corrected chi connectivity index (χ1v) is 7.83. The Morgan fingerprint density at radius 2 is 1.68 bits per heavy atom. The van der Waals surface area contributed by atoms with Crippen molar-refractivity contribution in [3.05, 3.63) is 29.8 Å². The first-order valence-electron chi connectivity index (χ1n) is 6.84. The molecule has 1 aliphatic heterocycles. The first kappa shape index (κ1) is 16.8. The third kappa shape index (κ3) is 6.17. The highest BCUT2D eigenvalue weighted by Crippen LogP contribution is 2.19. The number of rotatable bonds is 5. The van der Waals surface area contributed by atoms with Crippen molar-refractivity contribution in [1.29, 1.82) is 0 Å². The van der Waals surface area contributed by atoms with Gasteiger partial charge in [0.05, 0.1) is 0 Å². The summed E-state index contributed by atoms with van der Waals surface area (Å²) < 4.78 is 0. The van der Waals surface area contributed by atoms with Crippen molar-refractivity contribution < 1.29 is 0 Å². The van der Waals surface area contributed by atoms with Crippen LogP contribution in [0.15, 0.2) is 29.2 Å². The summed E-state index contributed by atoms with van der Waals surface area (Å²) in [7, 11) is 2.21. The van der Waals surface area contributed by atoms with E-state index in [1.165, 1.54) is 55.4 Å². The number of halogens is 1. The number of nitrogens with zero attached hydrogens (tertiary/aromatic N) is 2. The zero-order valence-electron chi connectivity index (χ0n) is 12.0. The molecule has 4 heteroatoms. The van der Waals surface area contributed by atoms with E-state index in [9.17, 15) is 0 Å². The zero-order valence-corrected chi connectivity index (χ0v) is 13.6. The van der Waals surface area contributed by atoms with Gasteiger partial charge in [-0.05, 0) is 44.8 Å². The minimum absolute atomic E-state index is 0. The molecule has 0 bridgehead atoms. The van der Waals surface area contributed by atoms with Crippen LogP contribution in [0.3, 0.4) is 0 Å². The lowest BCUT2D eigenvalue weighted by molar-refractivity contribution is 0.154. The maximum absolute atomic E-state index is 2.59. The Kier molecular flexibility index (Phi) is 7.84. The van der Waals surface area contributed by atoms with Gasteiger partial charge in [0.15, 0.2) is 0 Å². The van der Waals surface area contributed by atoms with Crippen molar-refractivity contribution in [3.63, 3.8) is 0 Å². The number of thioether (sulfide) groups is 1. The summed E-state index contributed by atoms with van der Waals surface area (Å²) in [6.45, 7) is 8.34. The molecule has 2 nitrogen and oxygen atoms in total. The largest absolute Gasteiger partial charge is 0.304 e. The second-order valence-electron chi connectivity index (χ2n) is 5.16. The number of benzene rings is 1. The number of likely N-dealkylation sites (N-methyl/N-ethyl adjacent to an activating group) is 1. The molecule has 0 saturated carbocycles. The van der Waals surface area contributed by atoms with E-state index in [4.69, 9.17) is 0 Å².